The Labute approximate surface area is 90.1 Å². The van der Waals surface area contributed by atoms with E-state index < -0.39 is 0 Å². The molecule has 4 heteroatoms. The molecule has 1 aromatic rings. The number of hydrogen-bond donors (Lipinski definition) is 2. The molecule has 15 heavy (non-hydrogen) atoms. The van der Waals surface area contributed by atoms with Crippen LogP contribution in [0, 0.1) is 5.82 Å². The van der Waals surface area contributed by atoms with Crippen molar-refractivity contribution in [1.29, 1.82) is 0 Å². The number of benzene rings is 1. The molecule has 0 saturated carbocycles. The van der Waals surface area contributed by atoms with E-state index in [1.165, 1.54) is 6.07 Å². The lowest BCUT2D eigenvalue weighted by atomic mass is 10.2. The maximum Gasteiger partial charge on any atom is 0.146 e. The van der Waals surface area contributed by atoms with E-state index in [-0.39, 0.29) is 5.82 Å². The number of nitrogens with one attached hydrogen (secondary N) is 1. The molecule has 0 amide bonds. The maximum atomic E-state index is 13.4. The quantitative estimate of drug-likeness (QED) is 0.770. The van der Waals surface area contributed by atoms with Crippen LogP contribution in [-0.2, 0) is 6.54 Å². The summed E-state index contributed by atoms with van der Waals surface area (Å²) in [6.45, 7) is 1.97. The molecule has 0 aromatic heterocycles. The smallest absolute Gasteiger partial charge is 0.146 e. The molecule has 0 aliphatic heterocycles. The fraction of sp³-hybridized carbons (Fsp3) is 0.455. The number of nitrogens with two attached hydrogens (primary N) is 1. The van der Waals surface area contributed by atoms with Crippen LogP contribution >= 0.6 is 0 Å². The Kier molecular flexibility index (Phi) is 4.52. The molecule has 0 atom stereocenters. The van der Waals surface area contributed by atoms with Crippen molar-refractivity contribution in [3.63, 3.8) is 0 Å². The molecular weight excluding hydrogens is 193 g/mol. The van der Waals surface area contributed by atoms with E-state index in [2.05, 4.69) is 5.32 Å². The fourth-order valence-corrected chi connectivity index (χ4v) is 1.24. The van der Waals surface area contributed by atoms with Gasteiger partial charge in [-0.2, -0.15) is 0 Å². The van der Waals surface area contributed by atoms with Gasteiger partial charge in [-0.05, 0) is 31.8 Å². The minimum Gasteiger partial charge on any atom is -0.381 e. The molecule has 0 radical (unpaired) electrons. The lowest BCUT2D eigenvalue weighted by Gasteiger charge is -2.12. The van der Waals surface area contributed by atoms with Gasteiger partial charge in [0.15, 0.2) is 0 Å². The largest absolute Gasteiger partial charge is 0.381 e. The van der Waals surface area contributed by atoms with Crippen molar-refractivity contribution in [3.8, 4) is 0 Å². The highest BCUT2D eigenvalue weighted by Gasteiger charge is 2.02. The first-order valence-electron chi connectivity index (χ1n) is 5.00. The summed E-state index contributed by atoms with van der Waals surface area (Å²) in [5.74, 6) is -0.239. The monoisotopic (exact) mass is 211 g/mol. The summed E-state index contributed by atoms with van der Waals surface area (Å²) in [7, 11) is 3.96. The molecular formula is C11H18FN3. The summed E-state index contributed by atoms with van der Waals surface area (Å²) in [6.07, 6.45) is 0. The van der Waals surface area contributed by atoms with Crippen LogP contribution in [0.15, 0.2) is 18.2 Å². The lowest BCUT2D eigenvalue weighted by Crippen LogP contribution is -2.21. The summed E-state index contributed by atoms with van der Waals surface area (Å²) in [5, 5.41) is 3.04. The number of likely N-dealkylation sites (N-methyl/N-ethyl adjacent to an activating group) is 1. The van der Waals surface area contributed by atoms with Crippen LogP contribution in [0.2, 0.25) is 0 Å². The van der Waals surface area contributed by atoms with Crippen molar-refractivity contribution >= 4 is 5.69 Å². The second-order valence-electron chi connectivity index (χ2n) is 3.75. The van der Waals surface area contributed by atoms with Crippen LogP contribution in [0.4, 0.5) is 10.1 Å². The van der Waals surface area contributed by atoms with Gasteiger partial charge in [-0.3, -0.25) is 0 Å². The van der Waals surface area contributed by atoms with Crippen LogP contribution in [0.25, 0.3) is 0 Å². The maximum absolute atomic E-state index is 13.4. The first-order chi connectivity index (χ1) is 7.13. The Hall–Kier alpha value is -1.13. The highest BCUT2D eigenvalue weighted by Crippen LogP contribution is 2.14. The molecule has 1 aromatic carbocycles. The van der Waals surface area contributed by atoms with Gasteiger partial charge in [0, 0.05) is 19.6 Å². The molecule has 84 valence electrons. The molecule has 3 N–H and O–H groups in total. The molecule has 0 spiro atoms. The SMILES string of the molecule is CN(C)CCNc1ccc(CN)cc1F. The highest BCUT2D eigenvalue weighted by atomic mass is 19.1. The Morgan fingerprint density at radius 3 is 2.67 bits per heavy atom. The highest BCUT2D eigenvalue weighted by molar-refractivity contribution is 5.46. The number of rotatable bonds is 5. The zero-order valence-electron chi connectivity index (χ0n) is 9.26. The van der Waals surface area contributed by atoms with Crippen LogP contribution in [-0.4, -0.2) is 32.1 Å². The number of hydrogen-bond acceptors (Lipinski definition) is 3. The summed E-state index contributed by atoms with van der Waals surface area (Å²) in [5.41, 5.74) is 6.76. The van der Waals surface area contributed by atoms with Gasteiger partial charge in [-0.1, -0.05) is 6.07 Å². The van der Waals surface area contributed by atoms with Crippen molar-refractivity contribution in [3.05, 3.63) is 29.6 Å². The number of anilines is 1. The third-order valence-corrected chi connectivity index (χ3v) is 2.14. The first kappa shape index (κ1) is 11.9. The van der Waals surface area contributed by atoms with Crippen molar-refractivity contribution in [2.24, 2.45) is 5.73 Å². The molecule has 0 fully saturated rings. The Morgan fingerprint density at radius 2 is 2.13 bits per heavy atom. The zero-order chi connectivity index (χ0) is 11.3. The van der Waals surface area contributed by atoms with Crippen LogP contribution < -0.4 is 11.1 Å². The summed E-state index contributed by atoms with van der Waals surface area (Å²) < 4.78 is 13.4. The first-order valence-corrected chi connectivity index (χ1v) is 5.00. The molecule has 0 heterocycles. The van der Waals surface area contributed by atoms with Gasteiger partial charge in [-0.15, -0.1) is 0 Å². The summed E-state index contributed by atoms with van der Waals surface area (Å²) in [4.78, 5) is 2.04. The van der Waals surface area contributed by atoms with Gasteiger partial charge in [0.1, 0.15) is 5.82 Å². The molecule has 0 aliphatic rings. The summed E-state index contributed by atoms with van der Waals surface area (Å²) in [6, 6.07) is 5.03. The standard InChI is InChI=1S/C11H18FN3/c1-15(2)6-5-14-11-4-3-9(8-13)7-10(11)12/h3-4,7,14H,5-6,8,13H2,1-2H3. The van der Waals surface area contributed by atoms with E-state index in [4.69, 9.17) is 5.73 Å². The van der Waals surface area contributed by atoms with Crippen molar-refractivity contribution in [1.82, 2.24) is 4.90 Å². The Bertz CT molecular complexity index is 313. The fourth-order valence-electron chi connectivity index (χ4n) is 1.24. The van der Waals surface area contributed by atoms with E-state index in [1.807, 2.05) is 25.1 Å². The normalized spacial score (nSPS) is 10.7. The van der Waals surface area contributed by atoms with Gasteiger partial charge in [0.2, 0.25) is 0 Å². The van der Waals surface area contributed by atoms with Gasteiger partial charge < -0.3 is 16.0 Å². The second-order valence-corrected chi connectivity index (χ2v) is 3.75. The van der Waals surface area contributed by atoms with Crippen molar-refractivity contribution in [2.45, 2.75) is 6.54 Å². The van der Waals surface area contributed by atoms with E-state index in [0.29, 0.717) is 12.2 Å². The van der Waals surface area contributed by atoms with E-state index in [1.54, 1.807) is 6.07 Å². The predicted molar refractivity (Wildman–Crippen MR) is 61.3 cm³/mol. The molecule has 3 nitrogen and oxygen atoms in total. The minimum absolute atomic E-state index is 0.239. The predicted octanol–water partition coefficient (Wildman–Crippen LogP) is 1.26. The number of halogens is 1. The minimum atomic E-state index is -0.239. The molecule has 0 aliphatic carbocycles. The summed E-state index contributed by atoms with van der Waals surface area (Å²) >= 11 is 0. The van der Waals surface area contributed by atoms with E-state index in [0.717, 1.165) is 18.7 Å². The van der Waals surface area contributed by atoms with Crippen molar-refractivity contribution < 1.29 is 4.39 Å². The molecule has 0 saturated heterocycles. The molecule has 1 rings (SSSR count). The molecule has 0 bridgehead atoms. The Morgan fingerprint density at radius 1 is 1.40 bits per heavy atom. The van der Waals surface area contributed by atoms with Crippen LogP contribution in [0.3, 0.4) is 0 Å². The topological polar surface area (TPSA) is 41.3 Å². The Balaban J connectivity index is 2.54. The van der Waals surface area contributed by atoms with E-state index >= 15 is 0 Å². The average molecular weight is 211 g/mol. The van der Waals surface area contributed by atoms with Gasteiger partial charge in [-0.25, -0.2) is 4.39 Å². The van der Waals surface area contributed by atoms with Gasteiger partial charge in [0.05, 0.1) is 5.69 Å². The van der Waals surface area contributed by atoms with E-state index in [9.17, 15) is 4.39 Å². The van der Waals surface area contributed by atoms with Crippen LogP contribution in [0.1, 0.15) is 5.56 Å². The third kappa shape index (κ3) is 3.85. The van der Waals surface area contributed by atoms with Crippen LogP contribution in [0.5, 0.6) is 0 Å². The zero-order valence-corrected chi connectivity index (χ0v) is 9.26. The second kappa shape index (κ2) is 5.68. The lowest BCUT2D eigenvalue weighted by molar-refractivity contribution is 0.425. The van der Waals surface area contributed by atoms with Gasteiger partial charge >= 0.3 is 0 Å². The van der Waals surface area contributed by atoms with Crippen molar-refractivity contribution in [2.75, 3.05) is 32.5 Å². The van der Waals surface area contributed by atoms with Gasteiger partial charge in [0.25, 0.3) is 0 Å². The average Bonchev–Trinajstić information content (AvgIpc) is 2.20. The number of nitrogens with zero attached hydrogens (tertiary/aromatic N) is 1. The third-order valence-electron chi connectivity index (χ3n) is 2.14. The molecule has 0 unspecified atom stereocenters.